The molecule has 1 saturated heterocycles. The highest BCUT2D eigenvalue weighted by Crippen LogP contribution is 2.28. The Morgan fingerprint density at radius 1 is 1.40 bits per heavy atom. The number of ether oxygens (including phenoxy) is 1. The van der Waals surface area contributed by atoms with E-state index in [2.05, 4.69) is 49.9 Å². The van der Waals surface area contributed by atoms with Crippen molar-refractivity contribution in [2.24, 2.45) is 5.73 Å². The van der Waals surface area contributed by atoms with Crippen LogP contribution in [0.3, 0.4) is 0 Å². The van der Waals surface area contributed by atoms with E-state index in [0.29, 0.717) is 12.1 Å². The van der Waals surface area contributed by atoms with Gasteiger partial charge in [-0.1, -0.05) is 43.7 Å². The van der Waals surface area contributed by atoms with Gasteiger partial charge in [0.1, 0.15) is 0 Å². The molecule has 0 aliphatic carbocycles. The Kier molecular flexibility index (Phi) is 5.58. The Morgan fingerprint density at radius 3 is 2.85 bits per heavy atom. The van der Waals surface area contributed by atoms with Crippen LogP contribution in [0.5, 0.6) is 0 Å². The zero-order chi connectivity index (χ0) is 14.5. The van der Waals surface area contributed by atoms with E-state index in [0.717, 1.165) is 32.5 Å². The van der Waals surface area contributed by atoms with Crippen LogP contribution in [0.1, 0.15) is 43.9 Å². The molecule has 1 aliphatic heterocycles. The number of benzene rings is 1. The lowest BCUT2D eigenvalue weighted by atomic mass is 9.94. The second-order valence-corrected chi connectivity index (χ2v) is 5.83. The van der Waals surface area contributed by atoms with E-state index >= 15 is 0 Å². The first-order chi connectivity index (χ1) is 9.65. The molecule has 0 aromatic heterocycles. The summed E-state index contributed by atoms with van der Waals surface area (Å²) < 4.78 is 5.80. The maximum absolute atomic E-state index is 6.43. The van der Waals surface area contributed by atoms with Crippen molar-refractivity contribution in [3.63, 3.8) is 0 Å². The SMILES string of the molecule is CCC1CN(C(c2cccc(C)c2)C(N)CC)CCO1. The monoisotopic (exact) mass is 276 g/mol. The normalized spacial score (nSPS) is 23.5. The van der Waals surface area contributed by atoms with Crippen molar-refractivity contribution in [1.29, 1.82) is 0 Å². The van der Waals surface area contributed by atoms with Gasteiger partial charge in [0.25, 0.3) is 0 Å². The molecular formula is C17H28N2O. The Balaban J connectivity index is 2.23. The fourth-order valence-electron chi connectivity index (χ4n) is 3.05. The van der Waals surface area contributed by atoms with Gasteiger partial charge in [0.15, 0.2) is 0 Å². The van der Waals surface area contributed by atoms with Gasteiger partial charge in [0.2, 0.25) is 0 Å². The molecule has 1 heterocycles. The Labute approximate surface area is 123 Å². The van der Waals surface area contributed by atoms with Gasteiger partial charge < -0.3 is 10.5 Å². The van der Waals surface area contributed by atoms with E-state index in [1.807, 2.05) is 0 Å². The summed E-state index contributed by atoms with van der Waals surface area (Å²) >= 11 is 0. The smallest absolute Gasteiger partial charge is 0.0700 e. The molecule has 0 bridgehead atoms. The van der Waals surface area contributed by atoms with E-state index in [4.69, 9.17) is 10.5 Å². The third kappa shape index (κ3) is 3.60. The summed E-state index contributed by atoms with van der Waals surface area (Å²) in [5.74, 6) is 0. The highest BCUT2D eigenvalue weighted by molar-refractivity contribution is 5.26. The number of hydrogen-bond acceptors (Lipinski definition) is 3. The lowest BCUT2D eigenvalue weighted by Gasteiger charge is -2.40. The van der Waals surface area contributed by atoms with E-state index in [-0.39, 0.29) is 6.04 Å². The fourth-order valence-corrected chi connectivity index (χ4v) is 3.05. The van der Waals surface area contributed by atoms with Crippen molar-refractivity contribution in [2.45, 2.75) is 51.8 Å². The molecule has 2 rings (SSSR count). The Bertz CT molecular complexity index is 421. The van der Waals surface area contributed by atoms with E-state index in [1.165, 1.54) is 11.1 Å². The molecule has 112 valence electrons. The third-order valence-electron chi connectivity index (χ3n) is 4.28. The van der Waals surface area contributed by atoms with Crippen LogP contribution in [0.2, 0.25) is 0 Å². The number of nitrogens with two attached hydrogens (primary N) is 1. The van der Waals surface area contributed by atoms with Crippen LogP contribution in [0.15, 0.2) is 24.3 Å². The van der Waals surface area contributed by atoms with Gasteiger partial charge in [-0.15, -0.1) is 0 Å². The number of morpholine rings is 1. The van der Waals surface area contributed by atoms with Crippen LogP contribution in [-0.4, -0.2) is 36.7 Å². The second-order valence-electron chi connectivity index (χ2n) is 5.83. The maximum Gasteiger partial charge on any atom is 0.0700 e. The molecule has 20 heavy (non-hydrogen) atoms. The maximum atomic E-state index is 6.43. The van der Waals surface area contributed by atoms with Gasteiger partial charge >= 0.3 is 0 Å². The number of nitrogens with zero attached hydrogens (tertiary/aromatic N) is 1. The zero-order valence-corrected chi connectivity index (χ0v) is 13.0. The summed E-state index contributed by atoms with van der Waals surface area (Å²) in [6, 6.07) is 9.25. The highest BCUT2D eigenvalue weighted by atomic mass is 16.5. The predicted octanol–water partition coefficient (Wildman–Crippen LogP) is 2.88. The topological polar surface area (TPSA) is 38.5 Å². The largest absolute Gasteiger partial charge is 0.376 e. The Morgan fingerprint density at radius 2 is 2.20 bits per heavy atom. The van der Waals surface area contributed by atoms with E-state index in [1.54, 1.807) is 0 Å². The van der Waals surface area contributed by atoms with Gasteiger partial charge in [0.05, 0.1) is 18.8 Å². The number of rotatable bonds is 5. The average molecular weight is 276 g/mol. The molecule has 0 radical (unpaired) electrons. The highest BCUT2D eigenvalue weighted by Gasteiger charge is 2.30. The molecular weight excluding hydrogens is 248 g/mol. The van der Waals surface area contributed by atoms with Crippen molar-refractivity contribution in [3.8, 4) is 0 Å². The first kappa shape index (κ1) is 15.5. The van der Waals surface area contributed by atoms with Crippen LogP contribution in [0.25, 0.3) is 0 Å². The lowest BCUT2D eigenvalue weighted by molar-refractivity contribution is -0.0486. The van der Waals surface area contributed by atoms with Crippen LogP contribution in [0.4, 0.5) is 0 Å². The molecule has 0 spiro atoms. The van der Waals surface area contributed by atoms with Gasteiger partial charge in [-0.25, -0.2) is 0 Å². The van der Waals surface area contributed by atoms with E-state index < -0.39 is 0 Å². The lowest BCUT2D eigenvalue weighted by Crippen LogP contribution is -2.49. The summed E-state index contributed by atoms with van der Waals surface area (Å²) in [5.41, 5.74) is 9.08. The molecule has 0 saturated carbocycles. The molecule has 1 fully saturated rings. The summed E-state index contributed by atoms with van der Waals surface area (Å²) in [6.45, 7) is 9.29. The molecule has 1 aliphatic rings. The molecule has 3 unspecified atom stereocenters. The molecule has 3 atom stereocenters. The van der Waals surface area contributed by atoms with E-state index in [9.17, 15) is 0 Å². The van der Waals surface area contributed by atoms with Gasteiger partial charge in [-0.2, -0.15) is 0 Å². The molecule has 3 nitrogen and oxygen atoms in total. The molecule has 1 aromatic carbocycles. The Hall–Kier alpha value is -0.900. The number of aryl methyl sites for hydroxylation is 1. The first-order valence-corrected chi connectivity index (χ1v) is 7.83. The summed E-state index contributed by atoms with van der Waals surface area (Å²) in [6.07, 6.45) is 2.41. The second kappa shape index (κ2) is 7.21. The predicted molar refractivity (Wildman–Crippen MR) is 83.8 cm³/mol. The summed E-state index contributed by atoms with van der Waals surface area (Å²) in [4.78, 5) is 2.51. The summed E-state index contributed by atoms with van der Waals surface area (Å²) in [5, 5.41) is 0. The molecule has 2 N–H and O–H groups in total. The fraction of sp³-hybridized carbons (Fsp3) is 0.647. The van der Waals surface area contributed by atoms with Gasteiger partial charge in [-0.05, 0) is 25.3 Å². The quantitative estimate of drug-likeness (QED) is 0.898. The van der Waals surface area contributed by atoms with Crippen LogP contribution in [0, 0.1) is 6.92 Å². The minimum atomic E-state index is 0.174. The van der Waals surface area contributed by atoms with Crippen LogP contribution >= 0.6 is 0 Å². The van der Waals surface area contributed by atoms with Gasteiger partial charge in [0, 0.05) is 19.1 Å². The standard InChI is InChI=1S/C17H28N2O/c1-4-15-12-19(9-10-20-15)17(16(18)5-2)14-8-6-7-13(3)11-14/h6-8,11,15-17H,4-5,9-10,12,18H2,1-3H3. The van der Waals surface area contributed by atoms with Crippen LogP contribution in [-0.2, 0) is 4.74 Å². The van der Waals surface area contributed by atoms with Crippen molar-refractivity contribution in [1.82, 2.24) is 4.90 Å². The van der Waals surface area contributed by atoms with Crippen molar-refractivity contribution >= 4 is 0 Å². The zero-order valence-electron chi connectivity index (χ0n) is 13.0. The first-order valence-electron chi connectivity index (χ1n) is 7.83. The third-order valence-corrected chi connectivity index (χ3v) is 4.28. The minimum absolute atomic E-state index is 0.174. The minimum Gasteiger partial charge on any atom is -0.376 e. The van der Waals surface area contributed by atoms with Gasteiger partial charge in [-0.3, -0.25) is 4.90 Å². The van der Waals surface area contributed by atoms with Crippen molar-refractivity contribution < 1.29 is 4.74 Å². The molecule has 3 heteroatoms. The summed E-state index contributed by atoms with van der Waals surface area (Å²) in [7, 11) is 0. The molecule has 0 amide bonds. The van der Waals surface area contributed by atoms with Crippen molar-refractivity contribution in [3.05, 3.63) is 35.4 Å². The number of hydrogen-bond donors (Lipinski definition) is 1. The van der Waals surface area contributed by atoms with Crippen molar-refractivity contribution in [2.75, 3.05) is 19.7 Å². The van der Waals surface area contributed by atoms with Crippen LogP contribution < -0.4 is 5.73 Å². The average Bonchev–Trinajstić information content (AvgIpc) is 2.47. The molecule has 1 aromatic rings.